The minimum atomic E-state index is -0.913. The maximum absolute atomic E-state index is 12.5. The molecule has 3 aromatic rings. The number of carbonyl (C=O) groups is 1. The van der Waals surface area contributed by atoms with E-state index in [0.717, 1.165) is 0 Å². The highest BCUT2D eigenvalue weighted by atomic mass is 16.5. The van der Waals surface area contributed by atoms with Crippen molar-refractivity contribution in [2.75, 3.05) is 0 Å². The molecule has 0 aliphatic carbocycles. The lowest BCUT2D eigenvalue weighted by Crippen LogP contribution is -2.09. The van der Waals surface area contributed by atoms with Crippen LogP contribution in [0.1, 0.15) is 17.5 Å². The third-order valence-corrected chi connectivity index (χ3v) is 4.28. The number of ether oxygens (including phenoxy) is 2. The Morgan fingerprint density at radius 2 is 1.66 bits per heavy atom. The van der Waals surface area contributed by atoms with Crippen molar-refractivity contribution in [3.8, 4) is 23.0 Å². The van der Waals surface area contributed by atoms with Gasteiger partial charge in [-0.2, -0.15) is 0 Å². The van der Waals surface area contributed by atoms with Gasteiger partial charge in [0.2, 0.25) is 0 Å². The fourth-order valence-corrected chi connectivity index (χ4v) is 2.94. The van der Waals surface area contributed by atoms with Crippen LogP contribution >= 0.6 is 0 Å². The van der Waals surface area contributed by atoms with Crippen LogP contribution in [-0.4, -0.2) is 21.3 Å². The first-order chi connectivity index (χ1) is 13.8. The summed E-state index contributed by atoms with van der Waals surface area (Å²) in [6, 6.07) is 7.87. The predicted octanol–water partition coefficient (Wildman–Crippen LogP) is 3.25. The van der Waals surface area contributed by atoms with Crippen LogP contribution in [0.3, 0.4) is 0 Å². The van der Waals surface area contributed by atoms with Crippen LogP contribution in [0, 0.1) is 0 Å². The fourth-order valence-electron chi connectivity index (χ4n) is 2.94. The van der Waals surface area contributed by atoms with Crippen LogP contribution in [0.15, 0.2) is 58.3 Å². The van der Waals surface area contributed by atoms with E-state index in [4.69, 9.17) is 13.9 Å². The third-order valence-electron chi connectivity index (χ3n) is 4.28. The van der Waals surface area contributed by atoms with Gasteiger partial charge in [-0.05, 0) is 42.5 Å². The predicted molar refractivity (Wildman–Crippen MR) is 102 cm³/mol. The molecule has 1 aromatic heterocycles. The van der Waals surface area contributed by atoms with Crippen molar-refractivity contribution in [2.45, 2.75) is 6.42 Å². The summed E-state index contributed by atoms with van der Waals surface area (Å²) in [4.78, 5) is 24.6. The van der Waals surface area contributed by atoms with E-state index in [1.165, 1.54) is 42.5 Å². The van der Waals surface area contributed by atoms with Crippen molar-refractivity contribution in [1.29, 1.82) is 0 Å². The van der Waals surface area contributed by atoms with E-state index < -0.39 is 17.3 Å². The maximum Gasteiger partial charge on any atom is 0.351 e. The Balaban J connectivity index is 1.89. The van der Waals surface area contributed by atoms with Crippen LogP contribution in [0.2, 0.25) is 0 Å². The molecule has 8 nitrogen and oxygen atoms in total. The van der Waals surface area contributed by atoms with Gasteiger partial charge in [0.1, 0.15) is 45.7 Å². The van der Waals surface area contributed by atoms with E-state index in [1.807, 2.05) is 0 Å². The summed E-state index contributed by atoms with van der Waals surface area (Å²) in [5.41, 5.74) is -1.01. The molecular weight excluding hydrogens is 380 g/mol. The molecule has 4 rings (SSSR count). The second-order valence-electron chi connectivity index (χ2n) is 6.25. The third kappa shape index (κ3) is 3.27. The summed E-state index contributed by atoms with van der Waals surface area (Å²) in [5, 5.41) is 30.2. The average Bonchev–Trinajstić information content (AvgIpc) is 2.72. The van der Waals surface area contributed by atoms with Gasteiger partial charge in [0.15, 0.2) is 0 Å². The fraction of sp³-hybridized carbons (Fsp3) is 0.0476. The Labute approximate surface area is 163 Å². The van der Waals surface area contributed by atoms with E-state index in [-0.39, 0.29) is 57.3 Å². The first-order valence-corrected chi connectivity index (χ1v) is 8.43. The molecular formula is C21H14O8. The van der Waals surface area contributed by atoms with Crippen molar-refractivity contribution in [1.82, 2.24) is 0 Å². The van der Waals surface area contributed by atoms with Gasteiger partial charge in [0, 0.05) is 0 Å². The van der Waals surface area contributed by atoms with Crippen LogP contribution < -0.4 is 10.4 Å². The first-order valence-electron chi connectivity index (χ1n) is 8.43. The molecule has 1 aliphatic heterocycles. The highest BCUT2D eigenvalue weighted by molar-refractivity contribution is 5.90. The van der Waals surface area contributed by atoms with Gasteiger partial charge in [-0.15, -0.1) is 0 Å². The molecule has 146 valence electrons. The van der Waals surface area contributed by atoms with Crippen LogP contribution in [-0.2, 0) is 9.53 Å². The van der Waals surface area contributed by atoms with E-state index in [9.17, 15) is 24.9 Å². The number of hydrogen-bond acceptors (Lipinski definition) is 8. The number of phenols is 2. The van der Waals surface area contributed by atoms with E-state index in [0.29, 0.717) is 0 Å². The second kappa shape index (κ2) is 6.75. The zero-order chi connectivity index (χ0) is 20.7. The van der Waals surface area contributed by atoms with E-state index in [1.54, 1.807) is 0 Å². The Bertz CT molecular complexity index is 1270. The lowest BCUT2D eigenvalue weighted by atomic mass is 10.1. The largest absolute Gasteiger partial charge is 0.508 e. The quantitative estimate of drug-likeness (QED) is 0.326. The SMILES string of the molecule is C=C1O/C(c2c(O)c3cc(O)ccc3oc2=O)=C\CC(=O)Oc2ccc(O)cc21. The molecule has 2 aromatic carbocycles. The average molecular weight is 394 g/mol. The Morgan fingerprint density at radius 1 is 0.931 bits per heavy atom. The summed E-state index contributed by atoms with van der Waals surface area (Å²) in [5.74, 6) is -1.50. The number of hydrogen-bond donors (Lipinski definition) is 3. The molecule has 2 heterocycles. The second-order valence-corrected chi connectivity index (χ2v) is 6.25. The van der Waals surface area contributed by atoms with Gasteiger partial charge in [0.25, 0.3) is 0 Å². The Hall–Kier alpha value is -4.20. The zero-order valence-corrected chi connectivity index (χ0v) is 14.8. The van der Waals surface area contributed by atoms with Crippen molar-refractivity contribution < 1.29 is 34.0 Å². The van der Waals surface area contributed by atoms with Crippen molar-refractivity contribution in [2.24, 2.45) is 0 Å². The molecule has 29 heavy (non-hydrogen) atoms. The number of esters is 1. The molecule has 0 saturated heterocycles. The smallest absolute Gasteiger partial charge is 0.351 e. The molecule has 0 radical (unpaired) electrons. The number of aromatic hydroxyl groups is 3. The minimum absolute atomic E-state index is 0.0355. The Kier molecular flexibility index (Phi) is 4.23. The summed E-state index contributed by atoms with van der Waals surface area (Å²) in [7, 11) is 0. The molecule has 0 spiro atoms. The normalized spacial score (nSPS) is 15.9. The van der Waals surface area contributed by atoms with Gasteiger partial charge >= 0.3 is 11.6 Å². The van der Waals surface area contributed by atoms with Crippen molar-refractivity contribution in [3.05, 3.63) is 70.6 Å². The van der Waals surface area contributed by atoms with Gasteiger partial charge in [-0.3, -0.25) is 4.79 Å². The molecule has 0 saturated carbocycles. The van der Waals surface area contributed by atoms with Crippen LogP contribution in [0.5, 0.6) is 23.0 Å². The summed E-state index contributed by atoms with van der Waals surface area (Å²) >= 11 is 0. The van der Waals surface area contributed by atoms with Crippen LogP contribution in [0.4, 0.5) is 0 Å². The highest BCUT2D eigenvalue weighted by Gasteiger charge is 2.24. The molecule has 1 aliphatic rings. The van der Waals surface area contributed by atoms with Gasteiger partial charge in [-0.1, -0.05) is 6.58 Å². The van der Waals surface area contributed by atoms with Gasteiger partial charge in [0.05, 0.1) is 17.4 Å². The topological polar surface area (TPSA) is 126 Å². The summed E-state index contributed by atoms with van der Waals surface area (Å²) in [6.45, 7) is 3.76. The van der Waals surface area contributed by atoms with E-state index >= 15 is 0 Å². The first kappa shape index (κ1) is 18.2. The lowest BCUT2D eigenvalue weighted by molar-refractivity contribution is -0.133. The molecule has 0 unspecified atom stereocenters. The Morgan fingerprint density at radius 3 is 2.45 bits per heavy atom. The number of carbonyl (C=O) groups excluding carboxylic acids is 1. The number of rotatable bonds is 1. The van der Waals surface area contributed by atoms with Crippen molar-refractivity contribution in [3.63, 3.8) is 0 Å². The van der Waals surface area contributed by atoms with Gasteiger partial charge in [-0.25, -0.2) is 4.79 Å². The molecule has 0 bridgehead atoms. The number of phenolic OH excluding ortho intramolecular Hbond substituents is 2. The zero-order valence-electron chi connectivity index (χ0n) is 14.8. The number of fused-ring (bicyclic) bond motifs is 2. The minimum Gasteiger partial charge on any atom is -0.508 e. The van der Waals surface area contributed by atoms with E-state index in [2.05, 4.69) is 6.58 Å². The molecule has 8 heteroatoms. The monoisotopic (exact) mass is 394 g/mol. The molecule has 3 N–H and O–H groups in total. The number of benzene rings is 2. The van der Waals surface area contributed by atoms with Gasteiger partial charge < -0.3 is 29.2 Å². The lowest BCUT2D eigenvalue weighted by Gasteiger charge is -2.14. The van der Waals surface area contributed by atoms with Crippen molar-refractivity contribution >= 4 is 28.5 Å². The standard InChI is InChI=1S/C21H14O8/c1-10-13-8-11(22)2-4-15(13)28-18(24)7-6-17(27-10)19-20(25)14-9-12(23)3-5-16(14)29-21(19)26/h2-6,8-9,22-23,25H,1,7H2/b17-6-. The highest BCUT2D eigenvalue weighted by Crippen LogP contribution is 2.37. The van der Waals surface area contributed by atoms with Crippen LogP contribution in [0.25, 0.3) is 22.5 Å². The molecule has 0 fully saturated rings. The summed E-state index contributed by atoms with van der Waals surface area (Å²) < 4.78 is 16.1. The molecule has 0 amide bonds. The molecule has 0 atom stereocenters. The summed E-state index contributed by atoms with van der Waals surface area (Å²) in [6.07, 6.45) is 0.972. The maximum atomic E-state index is 12.5.